The van der Waals surface area contributed by atoms with Gasteiger partial charge in [-0.3, -0.25) is 0 Å². The Labute approximate surface area is 63.0 Å². The molecule has 1 aromatic rings. The maximum absolute atomic E-state index is 4.88. The lowest BCUT2D eigenvalue weighted by Gasteiger charge is -1.86. The zero-order chi connectivity index (χ0) is 6.97. The van der Waals surface area contributed by atoms with Gasteiger partial charge in [-0.15, -0.1) is 0 Å². The van der Waals surface area contributed by atoms with Gasteiger partial charge in [-0.2, -0.15) is 4.57 Å². The maximum atomic E-state index is 4.88. The molecule has 0 aliphatic carbocycles. The highest BCUT2D eigenvalue weighted by atomic mass is 32.1. The van der Waals surface area contributed by atoms with Crippen LogP contribution >= 0.6 is 12.2 Å². The van der Waals surface area contributed by atoms with Crippen molar-refractivity contribution < 1.29 is 4.57 Å². The van der Waals surface area contributed by atoms with Crippen molar-refractivity contribution in [1.82, 2.24) is 0 Å². The van der Waals surface area contributed by atoms with Gasteiger partial charge in [-0.05, 0) is 6.07 Å². The molecule has 2 heterocycles. The molecule has 10 heavy (non-hydrogen) atoms. The van der Waals surface area contributed by atoms with Crippen molar-refractivity contribution >= 4 is 23.1 Å². The molecule has 0 fully saturated rings. The highest BCUT2D eigenvalue weighted by Crippen LogP contribution is 2.09. The van der Waals surface area contributed by atoms with Gasteiger partial charge in [0.05, 0.1) is 16.4 Å². The molecule has 0 atom stereocenters. The lowest BCUT2D eigenvalue weighted by atomic mass is 10.4. The SMILES string of the molecule is S=C1N=Nc2cccc[n+]21. The van der Waals surface area contributed by atoms with E-state index in [-0.39, 0.29) is 0 Å². The minimum Gasteiger partial charge on any atom is -0.184 e. The molecule has 48 valence electrons. The first kappa shape index (κ1) is 5.61. The highest BCUT2D eigenvalue weighted by molar-refractivity contribution is 7.79. The van der Waals surface area contributed by atoms with Gasteiger partial charge in [0.25, 0.3) is 0 Å². The number of hydrogen-bond donors (Lipinski definition) is 0. The standard InChI is InChI=1S/C6H4N3S/c10-6-8-7-5-3-1-2-4-9(5)6/h1-4H/q+1. The number of nitrogens with zero attached hydrogens (tertiary/aromatic N) is 3. The average molecular weight is 150 g/mol. The van der Waals surface area contributed by atoms with Crippen LogP contribution in [0.1, 0.15) is 0 Å². The largest absolute Gasteiger partial charge is 0.377 e. The fourth-order valence-electron chi connectivity index (χ4n) is 0.819. The molecule has 1 aliphatic heterocycles. The van der Waals surface area contributed by atoms with Crippen molar-refractivity contribution in [2.24, 2.45) is 10.2 Å². The number of aromatic nitrogens is 1. The highest BCUT2D eigenvalue weighted by Gasteiger charge is 2.20. The monoisotopic (exact) mass is 150 g/mol. The van der Waals surface area contributed by atoms with Gasteiger partial charge in [-0.1, -0.05) is 6.07 Å². The van der Waals surface area contributed by atoms with Gasteiger partial charge in [0, 0.05) is 18.3 Å². The topological polar surface area (TPSA) is 28.6 Å². The quantitative estimate of drug-likeness (QED) is 0.403. The second-order valence-corrected chi connectivity index (χ2v) is 2.28. The molecule has 0 unspecified atom stereocenters. The first-order valence-electron chi connectivity index (χ1n) is 2.85. The van der Waals surface area contributed by atoms with Gasteiger partial charge in [0.1, 0.15) is 0 Å². The van der Waals surface area contributed by atoms with Crippen LogP contribution in [0.15, 0.2) is 34.6 Å². The Morgan fingerprint density at radius 3 is 3.00 bits per heavy atom. The molecule has 0 radical (unpaired) electrons. The Kier molecular flexibility index (Phi) is 1.07. The summed E-state index contributed by atoms with van der Waals surface area (Å²) in [5.74, 6) is 0.799. The third-order valence-electron chi connectivity index (χ3n) is 1.28. The van der Waals surface area contributed by atoms with E-state index in [0.717, 1.165) is 5.82 Å². The predicted molar refractivity (Wildman–Crippen MR) is 39.1 cm³/mol. The molecule has 0 aromatic carbocycles. The van der Waals surface area contributed by atoms with Crippen molar-refractivity contribution in [2.45, 2.75) is 0 Å². The van der Waals surface area contributed by atoms with Gasteiger partial charge in [0.15, 0.2) is 0 Å². The molecule has 0 saturated heterocycles. The normalized spacial score (nSPS) is 13.8. The molecular weight excluding hydrogens is 146 g/mol. The van der Waals surface area contributed by atoms with E-state index in [2.05, 4.69) is 10.2 Å². The van der Waals surface area contributed by atoms with Gasteiger partial charge >= 0.3 is 10.9 Å². The molecule has 0 N–H and O–H groups in total. The number of hydrogen-bond acceptors (Lipinski definition) is 2. The van der Waals surface area contributed by atoms with Crippen LogP contribution < -0.4 is 4.57 Å². The Morgan fingerprint density at radius 1 is 1.30 bits per heavy atom. The maximum Gasteiger partial charge on any atom is 0.377 e. The third kappa shape index (κ3) is 0.657. The molecule has 0 amide bonds. The Bertz CT molecular complexity index is 319. The first-order valence-corrected chi connectivity index (χ1v) is 3.25. The van der Waals surface area contributed by atoms with E-state index < -0.39 is 0 Å². The summed E-state index contributed by atoms with van der Waals surface area (Å²) < 4.78 is 1.76. The number of azo groups is 1. The number of thiocarbonyl (C=S) groups is 1. The summed E-state index contributed by atoms with van der Waals surface area (Å²) in [6, 6.07) is 5.66. The lowest BCUT2D eigenvalue weighted by Crippen LogP contribution is -2.36. The minimum atomic E-state index is 0.510. The van der Waals surface area contributed by atoms with Crippen LogP contribution in [0, 0.1) is 0 Å². The molecule has 0 bridgehead atoms. The first-order chi connectivity index (χ1) is 4.88. The predicted octanol–water partition coefficient (Wildman–Crippen LogP) is 1.20. The van der Waals surface area contributed by atoms with E-state index >= 15 is 0 Å². The summed E-state index contributed by atoms with van der Waals surface area (Å²) in [6.45, 7) is 0. The van der Waals surface area contributed by atoms with Crippen LogP contribution in [0.25, 0.3) is 0 Å². The van der Waals surface area contributed by atoms with E-state index in [1.165, 1.54) is 0 Å². The van der Waals surface area contributed by atoms with Crippen LogP contribution in [0.3, 0.4) is 0 Å². The van der Waals surface area contributed by atoms with E-state index in [9.17, 15) is 0 Å². The van der Waals surface area contributed by atoms with Crippen LogP contribution in [-0.2, 0) is 0 Å². The second-order valence-electron chi connectivity index (χ2n) is 1.91. The summed E-state index contributed by atoms with van der Waals surface area (Å²) in [7, 11) is 0. The molecule has 2 rings (SSSR count). The minimum absolute atomic E-state index is 0.510. The second kappa shape index (κ2) is 1.91. The Balaban J connectivity index is 2.70. The van der Waals surface area contributed by atoms with Crippen LogP contribution in [-0.4, -0.2) is 5.11 Å². The molecule has 1 aliphatic rings. The summed E-state index contributed by atoms with van der Waals surface area (Å²) in [5, 5.41) is 8.06. The molecule has 0 saturated carbocycles. The number of rotatable bonds is 0. The smallest absolute Gasteiger partial charge is 0.184 e. The van der Waals surface area contributed by atoms with Gasteiger partial charge in [-0.25, -0.2) is 0 Å². The van der Waals surface area contributed by atoms with E-state index in [1.807, 2.05) is 24.4 Å². The van der Waals surface area contributed by atoms with E-state index in [4.69, 9.17) is 12.2 Å². The summed E-state index contributed by atoms with van der Waals surface area (Å²) in [6.07, 6.45) is 1.84. The van der Waals surface area contributed by atoms with Crippen molar-refractivity contribution in [3.63, 3.8) is 0 Å². The molecule has 4 heteroatoms. The molecule has 1 aromatic heterocycles. The molecule has 0 spiro atoms. The summed E-state index contributed by atoms with van der Waals surface area (Å²) in [5.41, 5.74) is 0. The van der Waals surface area contributed by atoms with Crippen LogP contribution in [0.5, 0.6) is 0 Å². The Hall–Kier alpha value is -1.16. The van der Waals surface area contributed by atoms with Crippen molar-refractivity contribution in [3.8, 4) is 0 Å². The number of fused-ring (bicyclic) bond motifs is 1. The van der Waals surface area contributed by atoms with Crippen LogP contribution in [0.4, 0.5) is 5.82 Å². The van der Waals surface area contributed by atoms with Crippen molar-refractivity contribution in [3.05, 3.63) is 24.4 Å². The fourth-order valence-corrected chi connectivity index (χ4v) is 1.01. The van der Waals surface area contributed by atoms with E-state index in [0.29, 0.717) is 5.11 Å². The number of pyridine rings is 1. The molecular formula is C6H4N3S+. The van der Waals surface area contributed by atoms with Crippen LogP contribution in [0.2, 0.25) is 0 Å². The van der Waals surface area contributed by atoms with Gasteiger partial charge in [0.2, 0.25) is 0 Å². The van der Waals surface area contributed by atoms with Gasteiger partial charge < -0.3 is 0 Å². The van der Waals surface area contributed by atoms with Crippen molar-refractivity contribution in [2.75, 3.05) is 0 Å². The summed E-state index contributed by atoms with van der Waals surface area (Å²) >= 11 is 4.88. The third-order valence-corrected chi connectivity index (χ3v) is 1.56. The lowest BCUT2D eigenvalue weighted by molar-refractivity contribution is -0.533. The molecule has 3 nitrogen and oxygen atoms in total. The zero-order valence-electron chi connectivity index (χ0n) is 5.06. The fraction of sp³-hybridized carbons (Fsp3) is 0. The van der Waals surface area contributed by atoms with Crippen molar-refractivity contribution in [1.29, 1.82) is 0 Å². The Morgan fingerprint density at radius 2 is 2.20 bits per heavy atom. The summed E-state index contributed by atoms with van der Waals surface area (Å²) in [4.78, 5) is 0. The average Bonchev–Trinajstić information content (AvgIpc) is 2.34. The van der Waals surface area contributed by atoms with E-state index in [1.54, 1.807) is 4.57 Å². The zero-order valence-corrected chi connectivity index (χ0v) is 5.88.